The van der Waals surface area contributed by atoms with E-state index >= 15 is 0 Å². The summed E-state index contributed by atoms with van der Waals surface area (Å²) >= 11 is 0. The molecule has 39 heavy (non-hydrogen) atoms. The molecule has 3 unspecified atom stereocenters. The Morgan fingerprint density at radius 2 is 1.56 bits per heavy atom. The third-order valence-corrected chi connectivity index (χ3v) is 8.40. The van der Waals surface area contributed by atoms with Crippen molar-refractivity contribution in [2.75, 3.05) is 20.6 Å². The molecule has 3 nitrogen and oxygen atoms in total. The van der Waals surface area contributed by atoms with E-state index in [1.54, 1.807) is 0 Å². The predicted octanol–water partition coefficient (Wildman–Crippen LogP) is 7.62. The van der Waals surface area contributed by atoms with Gasteiger partial charge < -0.3 is 4.90 Å². The number of nitrogens with zero attached hydrogens (tertiary/aromatic N) is 3. The summed E-state index contributed by atoms with van der Waals surface area (Å²) in [4.78, 5) is 11.7. The highest BCUT2D eigenvalue weighted by Crippen LogP contribution is 2.47. The van der Waals surface area contributed by atoms with Crippen LogP contribution < -0.4 is 5.44 Å². The maximum absolute atomic E-state index is 5.12. The summed E-state index contributed by atoms with van der Waals surface area (Å²) in [7, 11) is 7.26. The third-order valence-electron chi connectivity index (χ3n) is 7.94. The van der Waals surface area contributed by atoms with Crippen LogP contribution >= 0.6 is 9.24 Å². The normalized spacial score (nSPS) is 13.9. The fourth-order valence-corrected chi connectivity index (χ4v) is 6.27. The molecule has 0 aliphatic carbocycles. The minimum absolute atomic E-state index is 0.115. The zero-order valence-corrected chi connectivity index (χ0v) is 24.4. The first-order chi connectivity index (χ1) is 19.0. The summed E-state index contributed by atoms with van der Waals surface area (Å²) in [6.07, 6.45) is 7.16. The van der Waals surface area contributed by atoms with E-state index in [1.807, 2.05) is 18.5 Å². The first-order valence-corrected chi connectivity index (χ1v) is 14.4. The first-order valence-electron chi connectivity index (χ1n) is 13.8. The number of fused-ring (bicyclic) bond motifs is 1. The highest BCUT2D eigenvalue weighted by molar-refractivity contribution is 7.27. The molecule has 5 aromatic rings. The molecule has 3 aromatic carbocycles. The minimum atomic E-state index is -0.115. The van der Waals surface area contributed by atoms with E-state index in [-0.39, 0.29) is 11.3 Å². The second-order valence-corrected chi connectivity index (χ2v) is 11.5. The molecule has 2 heterocycles. The van der Waals surface area contributed by atoms with Crippen molar-refractivity contribution >= 4 is 25.6 Å². The summed E-state index contributed by atoms with van der Waals surface area (Å²) in [5.41, 5.74) is 8.15. The zero-order chi connectivity index (χ0) is 27.2. The Labute approximate surface area is 235 Å². The van der Waals surface area contributed by atoms with E-state index in [2.05, 4.69) is 131 Å². The van der Waals surface area contributed by atoms with Crippen LogP contribution in [-0.4, -0.2) is 35.5 Å². The van der Waals surface area contributed by atoms with Gasteiger partial charge in [0.25, 0.3) is 0 Å². The molecule has 198 valence electrons. The Morgan fingerprint density at radius 3 is 2.26 bits per heavy atom. The number of hydrogen-bond donors (Lipinski definition) is 0. The average Bonchev–Trinajstić information content (AvgIpc) is 2.97. The van der Waals surface area contributed by atoms with Crippen LogP contribution in [-0.2, 0) is 5.41 Å². The molecule has 0 saturated carbocycles. The summed E-state index contributed by atoms with van der Waals surface area (Å²) in [6, 6.07) is 35.1. The second kappa shape index (κ2) is 12.2. The lowest BCUT2D eigenvalue weighted by Gasteiger charge is -2.40. The lowest BCUT2D eigenvalue weighted by atomic mass is 9.64. The van der Waals surface area contributed by atoms with Crippen LogP contribution in [0.15, 0.2) is 109 Å². The number of rotatable bonds is 10. The van der Waals surface area contributed by atoms with E-state index in [0.717, 1.165) is 46.9 Å². The Bertz CT molecular complexity index is 1500. The molecule has 0 bridgehead atoms. The number of hydrogen-bond acceptors (Lipinski definition) is 3. The number of unbranched alkanes of at least 4 members (excludes halogenated alkanes) is 1. The van der Waals surface area contributed by atoms with Gasteiger partial charge in [0.05, 0.1) is 11.0 Å². The van der Waals surface area contributed by atoms with Crippen LogP contribution in [0.25, 0.3) is 22.0 Å². The van der Waals surface area contributed by atoms with Crippen LogP contribution in [0.1, 0.15) is 48.8 Å². The largest absolute Gasteiger partial charge is 0.309 e. The van der Waals surface area contributed by atoms with Crippen LogP contribution in [0.4, 0.5) is 0 Å². The van der Waals surface area contributed by atoms with Gasteiger partial charge in [0, 0.05) is 34.7 Å². The van der Waals surface area contributed by atoms with Gasteiger partial charge in [0.2, 0.25) is 0 Å². The molecule has 4 heteroatoms. The van der Waals surface area contributed by atoms with E-state index < -0.39 is 0 Å². The van der Waals surface area contributed by atoms with Crippen LogP contribution in [0.5, 0.6) is 0 Å². The molecule has 0 amide bonds. The van der Waals surface area contributed by atoms with Gasteiger partial charge in [-0.25, -0.2) is 4.98 Å². The first kappa shape index (κ1) is 27.2. The van der Waals surface area contributed by atoms with E-state index in [9.17, 15) is 0 Å². The Morgan fingerprint density at radius 1 is 0.821 bits per heavy atom. The molecular formula is C35H38N3P. The van der Waals surface area contributed by atoms with Crippen molar-refractivity contribution in [2.45, 2.75) is 37.5 Å². The van der Waals surface area contributed by atoms with Crippen LogP contribution in [0.2, 0.25) is 0 Å². The van der Waals surface area contributed by atoms with Gasteiger partial charge in [-0.05, 0) is 80.0 Å². The Balaban J connectivity index is 1.67. The molecular weight excluding hydrogens is 493 g/mol. The van der Waals surface area contributed by atoms with Gasteiger partial charge in [0.15, 0.2) is 0 Å². The van der Waals surface area contributed by atoms with Crippen molar-refractivity contribution in [3.8, 4) is 11.1 Å². The van der Waals surface area contributed by atoms with Gasteiger partial charge in [-0.15, -0.1) is 0 Å². The average molecular weight is 532 g/mol. The second-order valence-electron chi connectivity index (χ2n) is 11.0. The van der Waals surface area contributed by atoms with E-state index in [0.29, 0.717) is 0 Å². The van der Waals surface area contributed by atoms with Gasteiger partial charge in [-0.3, -0.25) is 4.98 Å². The number of pyridine rings is 2. The summed E-state index contributed by atoms with van der Waals surface area (Å²) < 4.78 is 0. The third kappa shape index (κ3) is 6.11. The fraction of sp³-hybridized carbons (Fsp3) is 0.257. The smallest absolute Gasteiger partial charge is 0.0710 e. The maximum atomic E-state index is 5.12. The van der Waals surface area contributed by atoms with Gasteiger partial charge in [-0.1, -0.05) is 95.4 Å². The van der Waals surface area contributed by atoms with Crippen molar-refractivity contribution in [1.29, 1.82) is 0 Å². The van der Waals surface area contributed by atoms with Crippen molar-refractivity contribution in [2.24, 2.45) is 0 Å². The maximum Gasteiger partial charge on any atom is 0.0710 e. The van der Waals surface area contributed by atoms with Gasteiger partial charge >= 0.3 is 0 Å². The molecule has 0 radical (unpaired) electrons. The topological polar surface area (TPSA) is 29.0 Å². The summed E-state index contributed by atoms with van der Waals surface area (Å²) in [5, 5.41) is 1.15. The highest BCUT2D eigenvalue weighted by Gasteiger charge is 2.38. The zero-order valence-electron chi connectivity index (χ0n) is 23.2. The highest BCUT2D eigenvalue weighted by atomic mass is 31.0. The predicted molar refractivity (Wildman–Crippen MR) is 169 cm³/mol. The summed E-state index contributed by atoms with van der Waals surface area (Å²) in [5.74, 6) is 0.145. The number of aromatic nitrogens is 2. The standard InChI is InChI=1S/C35H38N3P/c1-35(20-10-11-22-38(2)3,30-16-8-5-9-17-30)33(26-13-6-4-7-14-26)31-24-29-23-27(28-15-12-21-36-25-28)18-19-32(29)37-34(31)39/h4-9,12-19,21,23-25,33H,10-11,20,22,39H2,1-3H3. The number of benzene rings is 3. The van der Waals surface area contributed by atoms with Crippen LogP contribution in [0, 0.1) is 0 Å². The molecule has 5 rings (SSSR count). The van der Waals surface area contributed by atoms with Crippen LogP contribution in [0.3, 0.4) is 0 Å². The molecule has 2 aromatic heterocycles. The molecule has 0 fully saturated rings. The monoisotopic (exact) mass is 531 g/mol. The van der Waals surface area contributed by atoms with Crippen molar-refractivity contribution in [3.63, 3.8) is 0 Å². The Hall–Kier alpha value is -3.39. The molecule has 0 spiro atoms. The minimum Gasteiger partial charge on any atom is -0.309 e. The molecule has 0 N–H and O–H groups in total. The lowest BCUT2D eigenvalue weighted by molar-refractivity contribution is 0.340. The van der Waals surface area contributed by atoms with Gasteiger partial charge in [0.1, 0.15) is 0 Å². The Kier molecular flexibility index (Phi) is 8.50. The molecule has 0 aliphatic heterocycles. The van der Waals surface area contributed by atoms with Gasteiger partial charge in [-0.2, -0.15) is 0 Å². The molecule has 0 saturated heterocycles. The molecule has 0 aliphatic rings. The van der Waals surface area contributed by atoms with Crippen molar-refractivity contribution in [3.05, 3.63) is 126 Å². The summed E-state index contributed by atoms with van der Waals surface area (Å²) in [6.45, 7) is 3.56. The molecule has 3 atom stereocenters. The van der Waals surface area contributed by atoms with Crippen molar-refractivity contribution in [1.82, 2.24) is 14.9 Å². The van der Waals surface area contributed by atoms with E-state index in [4.69, 9.17) is 4.98 Å². The SMILES string of the molecule is CN(C)CCCCC(C)(c1ccccc1)C(c1ccccc1)c1cc2cc(-c3cccnc3)ccc2nc1P. The van der Waals surface area contributed by atoms with E-state index in [1.165, 1.54) is 23.1 Å². The lowest BCUT2D eigenvalue weighted by Crippen LogP contribution is -2.34. The fourth-order valence-electron chi connectivity index (χ4n) is 5.88. The van der Waals surface area contributed by atoms with Crippen molar-refractivity contribution < 1.29 is 0 Å². The quantitative estimate of drug-likeness (QED) is 0.137.